The molecule has 1 aromatic carbocycles. The van der Waals surface area contributed by atoms with Crippen LogP contribution in [0.4, 0.5) is 4.39 Å². The van der Waals surface area contributed by atoms with Crippen LogP contribution < -0.4 is 0 Å². The topological polar surface area (TPSA) is 46.0 Å². The Kier molecular flexibility index (Phi) is 3.52. The van der Waals surface area contributed by atoms with Crippen molar-refractivity contribution in [3.05, 3.63) is 35.4 Å². The molecular formula is C10H9FN2OS2. The lowest BCUT2D eigenvalue weighted by Gasteiger charge is -2.01. The first-order valence-corrected chi connectivity index (χ1v) is 6.15. The maximum atomic E-state index is 13.6. The standard InChI is InChI=1S/C10H9FN2OS2/c1-6-12-10(16-13-6)15-9-3-2-7(5-14)4-8(9)11/h2-4,14H,5H2,1H3. The minimum atomic E-state index is -0.343. The molecule has 0 amide bonds. The highest BCUT2D eigenvalue weighted by atomic mass is 32.2. The predicted molar refractivity (Wildman–Crippen MR) is 61.1 cm³/mol. The second kappa shape index (κ2) is 4.90. The lowest BCUT2D eigenvalue weighted by molar-refractivity contribution is 0.281. The van der Waals surface area contributed by atoms with Crippen LogP contribution in [0.25, 0.3) is 0 Å². The molecule has 0 aliphatic carbocycles. The Morgan fingerprint density at radius 3 is 2.88 bits per heavy atom. The number of aliphatic hydroxyl groups is 1. The van der Waals surface area contributed by atoms with Crippen LogP contribution in [-0.2, 0) is 6.61 Å². The van der Waals surface area contributed by atoms with E-state index < -0.39 is 0 Å². The van der Waals surface area contributed by atoms with Crippen molar-refractivity contribution in [2.45, 2.75) is 22.8 Å². The molecule has 16 heavy (non-hydrogen) atoms. The summed E-state index contributed by atoms with van der Waals surface area (Å²) in [5.74, 6) is 0.351. The van der Waals surface area contributed by atoms with Gasteiger partial charge in [0.05, 0.1) is 11.5 Å². The van der Waals surface area contributed by atoms with Crippen LogP contribution in [0, 0.1) is 12.7 Å². The van der Waals surface area contributed by atoms with E-state index in [4.69, 9.17) is 5.11 Å². The van der Waals surface area contributed by atoms with Gasteiger partial charge in [-0.1, -0.05) is 17.8 Å². The summed E-state index contributed by atoms with van der Waals surface area (Å²) >= 11 is 2.49. The monoisotopic (exact) mass is 256 g/mol. The summed E-state index contributed by atoms with van der Waals surface area (Å²) in [4.78, 5) is 4.64. The quantitative estimate of drug-likeness (QED) is 0.917. The van der Waals surface area contributed by atoms with Crippen LogP contribution in [0.15, 0.2) is 27.4 Å². The first-order chi connectivity index (χ1) is 7.69. The van der Waals surface area contributed by atoms with Gasteiger partial charge in [-0.25, -0.2) is 9.37 Å². The summed E-state index contributed by atoms with van der Waals surface area (Å²) in [7, 11) is 0. The molecule has 0 aliphatic rings. The SMILES string of the molecule is Cc1nsc(Sc2ccc(CO)cc2F)n1. The molecule has 84 valence electrons. The number of nitrogens with zero attached hydrogens (tertiary/aromatic N) is 2. The number of rotatable bonds is 3. The Morgan fingerprint density at radius 2 is 2.31 bits per heavy atom. The Morgan fingerprint density at radius 1 is 1.50 bits per heavy atom. The third kappa shape index (κ3) is 2.58. The molecule has 2 aromatic rings. The minimum Gasteiger partial charge on any atom is -0.392 e. The van der Waals surface area contributed by atoms with Crippen molar-refractivity contribution in [3.63, 3.8) is 0 Å². The third-order valence-corrected chi connectivity index (χ3v) is 3.78. The molecule has 0 fully saturated rings. The van der Waals surface area contributed by atoms with E-state index in [-0.39, 0.29) is 12.4 Å². The maximum Gasteiger partial charge on any atom is 0.174 e. The Hall–Kier alpha value is -0.980. The smallest absolute Gasteiger partial charge is 0.174 e. The van der Waals surface area contributed by atoms with Crippen LogP contribution in [-0.4, -0.2) is 14.5 Å². The van der Waals surface area contributed by atoms with Crippen LogP contribution >= 0.6 is 23.3 Å². The van der Waals surface area contributed by atoms with Gasteiger partial charge in [-0.3, -0.25) is 0 Å². The second-order valence-electron chi connectivity index (χ2n) is 3.13. The zero-order valence-electron chi connectivity index (χ0n) is 8.48. The molecule has 0 saturated carbocycles. The van der Waals surface area contributed by atoms with Crippen molar-refractivity contribution < 1.29 is 9.50 Å². The fourth-order valence-corrected chi connectivity index (χ4v) is 2.75. The first-order valence-electron chi connectivity index (χ1n) is 4.56. The van der Waals surface area contributed by atoms with Gasteiger partial charge in [0.15, 0.2) is 4.34 Å². The number of hydrogen-bond acceptors (Lipinski definition) is 5. The maximum absolute atomic E-state index is 13.6. The van der Waals surface area contributed by atoms with Crippen molar-refractivity contribution in [1.82, 2.24) is 9.36 Å². The highest BCUT2D eigenvalue weighted by molar-refractivity contribution is 8.01. The average molecular weight is 256 g/mol. The molecule has 1 aromatic heterocycles. The van der Waals surface area contributed by atoms with E-state index in [1.165, 1.54) is 29.4 Å². The Bertz CT molecular complexity index is 501. The van der Waals surface area contributed by atoms with E-state index in [1.54, 1.807) is 19.1 Å². The van der Waals surface area contributed by atoms with Gasteiger partial charge in [0.1, 0.15) is 11.6 Å². The van der Waals surface area contributed by atoms with E-state index in [1.807, 2.05) is 0 Å². The zero-order chi connectivity index (χ0) is 11.5. The van der Waals surface area contributed by atoms with Crippen LogP contribution in [0.5, 0.6) is 0 Å². The summed E-state index contributed by atoms with van der Waals surface area (Å²) in [5.41, 5.74) is 0.565. The highest BCUT2D eigenvalue weighted by Gasteiger charge is 2.08. The van der Waals surface area contributed by atoms with E-state index in [0.717, 1.165) is 0 Å². The summed E-state index contributed by atoms with van der Waals surface area (Å²) in [5, 5.41) is 8.85. The highest BCUT2D eigenvalue weighted by Crippen LogP contribution is 2.31. The van der Waals surface area contributed by atoms with Crippen LogP contribution in [0.1, 0.15) is 11.4 Å². The lowest BCUT2D eigenvalue weighted by Crippen LogP contribution is -1.87. The van der Waals surface area contributed by atoms with Crippen molar-refractivity contribution in [2.24, 2.45) is 0 Å². The van der Waals surface area contributed by atoms with Crippen molar-refractivity contribution in [2.75, 3.05) is 0 Å². The van der Waals surface area contributed by atoms with Gasteiger partial charge in [-0.2, -0.15) is 4.37 Å². The van der Waals surface area contributed by atoms with Gasteiger partial charge >= 0.3 is 0 Å². The van der Waals surface area contributed by atoms with Crippen molar-refractivity contribution >= 4 is 23.3 Å². The lowest BCUT2D eigenvalue weighted by atomic mass is 10.2. The zero-order valence-corrected chi connectivity index (χ0v) is 10.1. The molecule has 6 heteroatoms. The number of aliphatic hydroxyl groups excluding tert-OH is 1. The van der Waals surface area contributed by atoms with Gasteiger partial charge < -0.3 is 5.11 Å². The van der Waals surface area contributed by atoms with E-state index in [9.17, 15) is 4.39 Å². The normalized spacial score (nSPS) is 10.7. The molecule has 0 saturated heterocycles. The summed E-state index contributed by atoms with van der Waals surface area (Å²) in [6, 6.07) is 4.66. The average Bonchev–Trinajstić information content (AvgIpc) is 2.67. The van der Waals surface area contributed by atoms with Crippen LogP contribution in [0.3, 0.4) is 0 Å². The fraction of sp³-hybridized carbons (Fsp3) is 0.200. The molecule has 0 unspecified atom stereocenters. The second-order valence-corrected chi connectivity index (χ2v) is 5.17. The van der Waals surface area contributed by atoms with Gasteiger partial charge in [-0.15, -0.1) is 0 Å². The van der Waals surface area contributed by atoms with E-state index in [0.29, 0.717) is 20.6 Å². The molecule has 0 aliphatic heterocycles. The fourth-order valence-electron chi connectivity index (χ4n) is 1.14. The molecule has 1 heterocycles. The molecular weight excluding hydrogens is 247 g/mol. The number of hydrogen-bond donors (Lipinski definition) is 1. The van der Waals surface area contributed by atoms with E-state index in [2.05, 4.69) is 9.36 Å². The number of halogens is 1. The molecule has 0 bridgehead atoms. The van der Waals surface area contributed by atoms with Gasteiger partial charge in [0.2, 0.25) is 0 Å². The minimum absolute atomic E-state index is 0.153. The molecule has 0 spiro atoms. The third-order valence-electron chi connectivity index (χ3n) is 1.89. The molecule has 0 atom stereocenters. The largest absolute Gasteiger partial charge is 0.392 e. The number of benzene rings is 1. The summed E-state index contributed by atoms with van der Waals surface area (Å²) < 4.78 is 18.3. The summed E-state index contributed by atoms with van der Waals surface area (Å²) in [6.07, 6.45) is 0. The van der Waals surface area contributed by atoms with Gasteiger partial charge in [0.25, 0.3) is 0 Å². The summed E-state index contributed by atoms with van der Waals surface area (Å²) in [6.45, 7) is 1.64. The number of aromatic nitrogens is 2. The van der Waals surface area contributed by atoms with Crippen LogP contribution in [0.2, 0.25) is 0 Å². The van der Waals surface area contributed by atoms with Gasteiger partial charge in [0, 0.05) is 0 Å². The first kappa shape index (κ1) is 11.5. The van der Waals surface area contributed by atoms with Gasteiger partial charge in [-0.05, 0) is 36.2 Å². The van der Waals surface area contributed by atoms with Crippen molar-refractivity contribution in [1.29, 1.82) is 0 Å². The molecule has 0 radical (unpaired) electrons. The molecule has 2 rings (SSSR count). The van der Waals surface area contributed by atoms with Crippen molar-refractivity contribution in [3.8, 4) is 0 Å². The Labute approximate surface area is 101 Å². The predicted octanol–water partition coefficient (Wildman–Crippen LogP) is 2.63. The Balaban J connectivity index is 2.21. The van der Waals surface area contributed by atoms with E-state index >= 15 is 0 Å². The molecule has 1 N–H and O–H groups in total. The molecule has 3 nitrogen and oxygen atoms in total. The number of aryl methyl sites for hydroxylation is 1.